The second-order valence-corrected chi connectivity index (χ2v) is 8.66. The molecule has 1 N–H and O–H groups in total. The van der Waals surface area contributed by atoms with E-state index in [1.165, 1.54) is 5.56 Å². The van der Waals surface area contributed by atoms with Crippen LogP contribution in [0.2, 0.25) is 0 Å². The van der Waals surface area contributed by atoms with E-state index in [1.54, 1.807) is 7.11 Å². The Labute approximate surface area is 201 Å². The number of hydrogen-bond donors (Lipinski definition) is 1. The lowest BCUT2D eigenvalue weighted by atomic mass is 10.0. The van der Waals surface area contributed by atoms with E-state index in [0.717, 1.165) is 66.7 Å². The Kier molecular flexibility index (Phi) is 7.62. The topological polar surface area (TPSA) is 70.6 Å². The molecule has 1 saturated heterocycles. The average molecular weight is 460 g/mol. The molecule has 0 aliphatic carbocycles. The lowest BCUT2D eigenvalue weighted by Crippen LogP contribution is -2.42. The Morgan fingerprint density at radius 1 is 0.941 bits per heavy atom. The number of carbonyl (C=O) groups excluding carboxylic acids is 1. The fourth-order valence-electron chi connectivity index (χ4n) is 4.35. The van der Waals surface area contributed by atoms with Crippen LogP contribution < -0.4 is 15.0 Å². The van der Waals surface area contributed by atoms with Crippen LogP contribution in [0.15, 0.2) is 54.6 Å². The van der Waals surface area contributed by atoms with Crippen molar-refractivity contribution in [3.63, 3.8) is 0 Å². The summed E-state index contributed by atoms with van der Waals surface area (Å²) in [5.74, 6) is 2.60. The van der Waals surface area contributed by atoms with Gasteiger partial charge in [-0.15, -0.1) is 0 Å². The molecule has 1 aromatic heterocycles. The molecule has 1 aliphatic rings. The molecule has 2 amide bonds. The first kappa shape index (κ1) is 23.5. The Balaban J connectivity index is 1.45. The van der Waals surface area contributed by atoms with Crippen LogP contribution in [0.5, 0.6) is 5.75 Å². The number of carbonyl (C=O) groups is 1. The summed E-state index contributed by atoms with van der Waals surface area (Å²) in [7, 11) is 1.68. The number of nitrogens with one attached hydrogen (secondary N) is 1. The van der Waals surface area contributed by atoms with Gasteiger partial charge >= 0.3 is 6.03 Å². The van der Waals surface area contributed by atoms with Crippen molar-refractivity contribution in [1.82, 2.24) is 20.2 Å². The molecular formula is C27H33N5O2. The van der Waals surface area contributed by atoms with Crippen molar-refractivity contribution in [2.45, 2.75) is 33.2 Å². The molecular weight excluding hydrogens is 426 g/mol. The van der Waals surface area contributed by atoms with Gasteiger partial charge in [0.2, 0.25) is 0 Å². The third-order valence-corrected chi connectivity index (χ3v) is 6.21. The van der Waals surface area contributed by atoms with Gasteiger partial charge in [-0.2, -0.15) is 0 Å². The predicted molar refractivity (Wildman–Crippen MR) is 134 cm³/mol. The van der Waals surface area contributed by atoms with Crippen molar-refractivity contribution in [3.8, 4) is 5.75 Å². The minimum atomic E-state index is -0.0146. The maximum Gasteiger partial charge on any atom is 0.317 e. The van der Waals surface area contributed by atoms with Crippen LogP contribution in [-0.4, -0.2) is 54.2 Å². The number of benzene rings is 2. The largest absolute Gasteiger partial charge is 0.497 e. The summed E-state index contributed by atoms with van der Waals surface area (Å²) in [4.78, 5) is 26.5. The van der Waals surface area contributed by atoms with Gasteiger partial charge in [0.1, 0.15) is 17.4 Å². The number of ether oxygens (including phenoxy) is 1. The van der Waals surface area contributed by atoms with Crippen molar-refractivity contribution >= 4 is 11.8 Å². The van der Waals surface area contributed by atoms with Crippen LogP contribution in [0.3, 0.4) is 0 Å². The maximum absolute atomic E-state index is 12.8. The van der Waals surface area contributed by atoms with E-state index < -0.39 is 0 Å². The SMILES string of the molecule is COc1ccc(Cc2c(C)nc(C)nc2N2CCCN(C(=O)NCc3ccccc3)CC2)cc1. The molecule has 7 heteroatoms. The van der Waals surface area contributed by atoms with Gasteiger partial charge in [-0.1, -0.05) is 42.5 Å². The van der Waals surface area contributed by atoms with Gasteiger partial charge in [0.25, 0.3) is 0 Å². The molecule has 7 nitrogen and oxygen atoms in total. The number of urea groups is 1. The number of aromatic nitrogens is 2. The molecule has 0 atom stereocenters. The van der Waals surface area contributed by atoms with Crippen molar-refractivity contribution < 1.29 is 9.53 Å². The summed E-state index contributed by atoms with van der Waals surface area (Å²) in [6, 6.07) is 18.1. The number of methoxy groups -OCH3 is 1. The molecule has 0 bridgehead atoms. The molecule has 178 valence electrons. The molecule has 3 aromatic rings. The van der Waals surface area contributed by atoms with Crippen LogP contribution in [0.1, 0.15) is 34.6 Å². The fourth-order valence-corrected chi connectivity index (χ4v) is 4.35. The zero-order valence-corrected chi connectivity index (χ0v) is 20.3. The van der Waals surface area contributed by atoms with E-state index >= 15 is 0 Å². The predicted octanol–water partition coefficient (Wildman–Crippen LogP) is 4.11. The zero-order valence-electron chi connectivity index (χ0n) is 20.3. The first-order valence-electron chi connectivity index (χ1n) is 11.8. The van der Waals surface area contributed by atoms with Gasteiger partial charge < -0.3 is 19.9 Å². The minimum absolute atomic E-state index is 0.0146. The molecule has 1 fully saturated rings. The zero-order chi connectivity index (χ0) is 23.9. The summed E-state index contributed by atoms with van der Waals surface area (Å²) >= 11 is 0. The second-order valence-electron chi connectivity index (χ2n) is 8.66. The lowest BCUT2D eigenvalue weighted by molar-refractivity contribution is 0.201. The normalized spacial score (nSPS) is 14.0. The highest BCUT2D eigenvalue weighted by Crippen LogP contribution is 2.26. The average Bonchev–Trinajstić information content (AvgIpc) is 3.11. The highest BCUT2D eigenvalue weighted by Gasteiger charge is 2.23. The standard InChI is InChI=1S/C27H33N5O2/c1-20-25(18-22-10-12-24(34-3)13-11-22)26(30-21(2)29-20)31-14-7-15-32(17-16-31)27(33)28-19-23-8-5-4-6-9-23/h4-6,8-13H,7,14-19H2,1-3H3,(H,28,33). The van der Waals surface area contributed by atoms with Crippen molar-refractivity contribution in [2.75, 3.05) is 38.2 Å². The van der Waals surface area contributed by atoms with E-state index in [-0.39, 0.29) is 6.03 Å². The van der Waals surface area contributed by atoms with Gasteiger partial charge in [-0.25, -0.2) is 14.8 Å². The van der Waals surface area contributed by atoms with Gasteiger partial charge in [0.05, 0.1) is 7.11 Å². The highest BCUT2D eigenvalue weighted by molar-refractivity contribution is 5.74. The monoisotopic (exact) mass is 459 g/mol. The number of anilines is 1. The number of aryl methyl sites for hydroxylation is 2. The first-order chi connectivity index (χ1) is 16.5. The summed E-state index contributed by atoms with van der Waals surface area (Å²) in [5.41, 5.74) is 4.43. The van der Waals surface area contributed by atoms with Crippen LogP contribution >= 0.6 is 0 Å². The first-order valence-corrected chi connectivity index (χ1v) is 11.8. The number of amides is 2. The van der Waals surface area contributed by atoms with Gasteiger partial charge in [0.15, 0.2) is 0 Å². The fraction of sp³-hybridized carbons (Fsp3) is 0.370. The third-order valence-electron chi connectivity index (χ3n) is 6.21. The van der Waals surface area contributed by atoms with Gasteiger partial charge in [-0.05, 0) is 43.5 Å². The Morgan fingerprint density at radius 3 is 2.44 bits per heavy atom. The van der Waals surface area contributed by atoms with Crippen LogP contribution in [-0.2, 0) is 13.0 Å². The van der Waals surface area contributed by atoms with Crippen LogP contribution in [0.25, 0.3) is 0 Å². The Morgan fingerprint density at radius 2 is 1.71 bits per heavy atom. The summed E-state index contributed by atoms with van der Waals surface area (Å²) in [6.07, 6.45) is 1.64. The minimum Gasteiger partial charge on any atom is -0.497 e. The van der Waals surface area contributed by atoms with E-state index in [1.807, 2.05) is 54.3 Å². The molecule has 0 unspecified atom stereocenters. The van der Waals surface area contributed by atoms with Gasteiger partial charge in [0, 0.05) is 50.4 Å². The summed E-state index contributed by atoms with van der Waals surface area (Å²) in [5, 5.41) is 3.06. The van der Waals surface area contributed by atoms with Gasteiger partial charge in [-0.3, -0.25) is 0 Å². The van der Waals surface area contributed by atoms with Crippen molar-refractivity contribution in [1.29, 1.82) is 0 Å². The molecule has 34 heavy (non-hydrogen) atoms. The second kappa shape index (κ2) is 11.0. The van der Waals surface area contributed by atoms with E-state index in [0.29, 0.717) is 13.1 Å². The Bertz CT molecular complexity index is 1100. The number of rotatable bonds is 6. The molecule has 0 spiro atoms. The van der Waals surface area contributed by atoms with Crippen LogP contribution in [0, 0.1) is 13.8 Å². The van der Waals surface area contributed by atoms with Crippen molar-refractivity contribution in [3.05, 3.63) is 82.8 Å². The van der Waals surface area contributed by atoms with E-state index in [2.05, 4.69) is 34.3 Å². The smallest absolute Gasteiger partial charge is 0.317 e. The van der Waals surface area contributed by atoms with Crippen LogP contribution in [0.4, 0.5) is 10.6 Å². The quantitative estimate of drug-likeness (QED) is 0.601. The highest BCUT2D eigenvalue weighted by atomic mass is 16.5. The molecule has 0 radical (unpaired) electrons. The Hall–Kier alpha value is -3.61. The molecule has 1 aliphatic heterocycles. The molecule has 0 saturated carbocycles. The van der Waals surface area contributed by atoms with E-state index in [4.69, 9.17) is 9.72 Å². The maximum atomic E-state index is 12.8. The van der Waals surface area contributed by atoms with E-state index in [9.17, 15) is 4.79 Å². The molecule has 2 heterocycles. The molecule has 2 aromatic carbocycles. The van der Waals surface area contributed by atoms with Crippen molar-refractivity contribution in [2.24, 2.45) is 0 Å². The molecule has 4 rings (SSSR count). The third kappa shape index (κ3) is 5.84. The number of hydrogen-bond acceptors (Lipinski definition) is 5. The summed E-state index contributed by atoms with van der Waals surface area (Å²) in [6.45, 7) is 7.51. The lowest BCUT2D eigenvalue weighted by Gasteiger charge is -2.26. The summed E-state index contributed by atoms with van der Waals surface area (Å²) < 4.78 is 5.29. The number of nitrogens with zero attached hydrogens (tertiary/aromatic N) is 4.